The first-order valence-electron chi connectivity index (χ1n) is 6.53. The summed E-state index contributed by atoms with van der Waals surface area (Å²) >= 11 is 0. The van der Waals surface area contributed by atoms with E-state index in [2.05, 4.69) is 20.3 Å². The predicted molar refractivity (Wildman–Crippen MR) is 81.5 cm³/mol. The van der Waals surface area contributed by atoms with Gasteiger partial charge in [-0.2, -0.15) is 4.72 Å². The number of rotatable bonds is 5. The zero-order valence-electron chi connectivity index (χ0n) is 12.9. The molecule has 3 N–H and O–H groups in total. The fourth-order valence-corrected chi connectivity index (χ4v) is 2.76. The molecule has 8 heteroatoms. The third-order valence-corrected chi connectivity index (χ3v) is 4.06. The van der Waals surface area contributed by atoms with E-state index < -0.39 is 21.6 Å². The van der Waals surface area contributed by atoms with E-state index in [4.69, 9.17) is 0 Å². The molecule has 1 aromatic heterocycles. The van der Waals surface area contributed by atoms with Gasteiger partial charge >= 0.3 is 0 Å². The number of nitrogens with zero attached hydrogens (tertiary/aromatic N) is 1. The summed E-state index contributed by atoms with van der Waals surface area (Å²) < 4.78 is 26.8. The van der Waals surface area contributed by atoms with Gasteiger partial charge in [0.1, 0.15) is 5.82 Å². The number of nitrogens with one attached hydrogen (secondary N) is 3. The van der Waals surface area contributed by atoms with Crippen LogP contribution in [-0.2, 0) is 14.8 Å². The lowest BCUT2D eigenvalue weighted by atomic mass is 10.1. The summed E-state index contributed by atoms with van der Waals surface area (Å²) in [4.78, 5) is 15.9. The Labute approximate surface area is 125 Å². The summed E-state index contributed by atoms with van der Waals surface area (Å²) in [6.07, 6.45) is 1.39. The quantitative estimate of drug-likeness (QED) is 0.743. The highest BCUT2D eigenvalue weighted by Crippen LogP contribution is 2.12. The highest BCUT2D eigenvalue weighted by Gasteiger charge is 2.24. The van der Waals surface area contributed by atoms with Gasteiger partial charge in [0, 0.05) is 24.8 Å². The molecule has 0 fully saturated rings. The lowest BCUT2D eigenvalue weighted by Gasteiger charge is -2.23. The van der Waals surface area contributed by atoms with Crippen LogP contribution in [0, 0.1) is 0 Å². The average Bonchev–Trinajstić information content (AvgIpc) is 2.36. The first-order chi connectivity index (χ1) is 9.55. The second-order valence-electron chi connectivity index (χ2n) is 5.71. The molecule has 0 saturated carbocycles. The molecular formula is C13H22N4O3S. The van der Waals surface area contributed by atoms with Gasteiger partial charge in [-0.1, -0.05) is 0 Å². The topological polar surface area (TPSA) is 100 Å². The third kappa shape index (κ3) is 5.31. The molecule has 0 bridgehead atoms. The monoisotopic (exact) mass is 314 g/mol. The number of aromatic nitrogens is 1. The van der Waals surface area contributed by atoms with Gasteiger partial charge in [-0.3, -0.25) is 4.79 Å². The number of anilines is 1. The van der Waals surface area contributed by atoms with E-state index in [9.17, 15) is 13.2 Å². The minimum absolute atomic E-state index is 0.0530. The van der Waals surface area contributed by atoms with Gasteiger partial charge in [-0.15, -0.1) is 0 Å². The number of carbonyl (C=O) groups is 1. The lowest BCUT2D eigenvalue weighted by Crippen LogP contribution is -2.50. The predicted octanol–water partition coefficient (Wildman–Crippen LogP) is 0.705. The summed E-state index contributed by atoms with van der Waals surface area (Å²) in [6.45, 7) is 6.98. The maximum absolute atomic E-state index is 12.2. The highest BCUT2D eigenvalue weighted by molar-refractivity contribution is 7.89. The Morgan fingerprint density at radius 3 is 2.48 bits per heavy atom. The number of hydrogen-bond acceptors (Lipinski definition) is 5. The lowest BCUT2D eigenvalue weighted by molar-refractivity contribution is -0.123. The Morgan fingerprint density at radius 1 is 1.33 bits per heavy atom. The van der Waals surface area contributed by atoms with Gasteiger partial charge in [-0.05, 0) is 33.8 Å². The molecule has 1 aromatic rings. The highest BCUT2D eigenvalue weighted by atomic mass is 32.2. The number of carbonyl (C=O) groups excluding carboxylic acids is 1. The van der Waals surface area contributed by atoms with Crippen molar-refractivity contribution >= 4 is 21.7 Å². The Kier molecular flexibility index (Phi) is 5.30. The van der Waals surface area contributed by atoms with Crippen LogP contribution in [0.2, 0.25) is 0 Å². The summed E-state index contributed by atoms with van der Waals surface area (Å²) in [6, 6.07) is 1.90. The Morgan fingerprint density at radius 2 is 1.95 bits per heavy atom. The standard InChI is InChI=1S/C13H22N4O3S/c1-9(12(18)16-13(2,3)4)17-21(19,20)10-6-7-15-11(8-10)14-5/h6-9,17H,1-5H3,(H,14,15)(H,16,18). The molecule has 1 heterocycles. The van der Waals surface area contributed by atoms with Crippen molar-refractivity contribution in [3.8, 4) is 0 Å². The number of sulfonamides is 1. The van der Waals surface area contributed by atoms with Crippen LogP contribution in [0.15, 0.2) is 23.2 Å². The molecule has 0 aromatic carbocycles. The Balaban J connectivity index is 2.87. The largest absolute Gasteiger partial charge is 0.373 e. The summed E-state index contributed by atoms with van der Waals surface area (Å²) in [5.41, 5.74) is -0.424. The normalized spacial score (nSPS) is 13.6. The van der Waals surface area contributed by atoms with Crippen LogP contribution < -0.4 is 15.4 Å². The van der Waals surface area contributed by atoms with Crippen molar-refractivity contribution < 1.29 is 13.2 Å². The SMILES string of the molecule is CNc1cc(S(=O)(=O)NC(C)C(=O)NC(C)(C)C)ccn1. The van der Waals surface area contributed by atoms with E-state index in [1.807, 2.05) is 20.8 Å². The van der Waals surface area contributed by atoms with E-state index in [-0.39, 0.29) is 10.8 Å². The van der Waals surface area contributed by atoms with Gasteiger partial charge in [0.05, 0.1) is 10.9 Å². The first kappa shape index (κ1) is 17.4. The van der Waals surface area contributed by atoms with E-state index in [0.717, 1.165) is 0 Å². The molecule has 0 radical (unpaired) electrons. The molecule has 21 heavy (non-hydrogen) atoms. The van der Waals surface area contributed by atoms with Gasteiger partial charge in [0.2, 0.25) is 15.9 Å². The van der Waals surface area contributed by atoms with Crippen molar-refractivity contribution in [2.75, 3.05) is 12.4 Å². The van der Waals surface area contributed by atoms with Crippen molar-refractivity contribution in [2.45, 2.75) is 44.2 Å². The number of amides is 1. The maximum Gasteiger partial charge on any atom is 0.241 e. The second kappa shape index (κ2) is 6.40. The molecule has 1 amide bonds. The van der Waals surface area contributed by atoms with Crippen LogP contribution in [0.4, 0.5) is 5.82 Å². The smallest absolute Gasteiger partial charge is 0.241 e. The van der Waals surface area contributed by atoms with E-state index >= 15 is 0 Å². The summed E-state index contributed by atoms with van der Waals surface area (Å²) in [5.74, 6) is 0.0543. The van der Waals surface area contributed by atoms with E-state index in [1.165, 1.54) is 25.3 Å². The van der Waals surface area contributed by atoms with Gasteiger partial charge in [0.15, 0.2) is 0 Å². The van der Waals surface area contributed by atoms with Crippen molar-refractivity contribution in [3.63, 3.8) is 0 Å². The molecule has 1 unspecified atom stereocenters. The number of pyridine rings is 1. The summed E-state index contributed by atoms with van der Waals surface area (Å²) in [7, 11) is -2.14. The van der Waals surface area contributed by atoms with Crippen LogP contribution in [0.1, 0.15) is 27.7 Å². The van der Waals surface area contributed by atoms with Crippen molar-refractivity contribution in [3.05, 3.63) is 18.3 Å². The molecule has 0 aliphatic rings. The molecule has 7 nitrogen and oxygen atoms in total. The third-order valence-electron chi connectivity index (χ3n) is 2.52. The van der Waals surface area contributed by atoms with Crippen LogP contribution in [0.5, 0.6) is 0 Å². The fourth-order valence-electron chi connectivity index (χ4n) is 1.55. The molecule has 1 atom stereocenters. The van der Waals surface area contributed by atoms with E-state index in [1.54, 1.807) is 7.05 Å². The minimum atomic E-state index is -3.78. The molecule has 0 aliphatic carbocycles. The van der Waals surface area contributed by atoms with Gasteiger partial charge in [-0.25, -0.2) is 13.4 Å². The van der Waals surface area contributed by atoms with Crippen LogP contribution >= 0.6 is 0 Å². The van der Waals surface area contributed by atoms with Crippen molar-refractivity contribution in [1.29, 1.82) is 0 Å². The number of hydrogen-bond donors (Lipinski definition) is 3. The molecule has 0 aliphatic heterocycles. The fraction of sp³-hybridized carbons (Fsp3) is 0.538. The minimum Gasteiger partial charge on any atom is -0.373 e. The zero-order chi connectivity index (χ0) is 16.3. The maximum atomic E-state index is 12.2. The van der Waals surface area contributed by atoms with Gasteiger partial charge < -0.3 is 10.6 Å². The summed E-state index contributed by atoms with van der Waals surface area (Å²) in [5, 5.41) is 5.49. The van der Waals surface area contributed by atoms with Crippen LogP contribution in [0.25, 0.3) is 0 Å². The van der Waals surface area contributed by atoms with Crippen LogP contribution in [0.3, 0.4) is 0 Å². The Bertz CT molecular complexity index is 608. The average molecular weight is 314 g/mol. The van der Waals surface area contributed by atoms with Gasteiger partial charge in [0.25, 0.3) is 0 Å². The molecule has 0 spiro atoms. The molecule has 118 valence electrons. The Hall–Kier alpha value is -1.67. The molecular weight excluding hydrogens is 292 g/mol. The van der Waals surface area contributed by atoms with E-state index in [0.29, 0.717) is 5.82 Å². The van der Waals surface area contributed by atoms with Crippen molar-refractivity contribution in [2.24, 2.45) is 0 Å². The zero-order valence-corrected chi connectivity index (χ0v) is 13.7. The molecule has 1 rings (SSSR count). The second-order valence-corrected chi connectivity index (χ2v) is 7.42. The molecule has 0 saturated heterocycles. The van der Waals surface area contributed by atoms with Crippen LogP contribution in [-0.4, -0.2) is 37.9 Å². The van der Waals surface area contributed by atoms with Crippen molar-refractivity contribution in [1.82, 2.24) is 15.0 Å². The first-order valence-corrected chi connectivity index (χ1v) is 8.01.